The molecule has 0 aliphatic carbocycles. The van der Waals surface area contributed by atoms with Crippen molar-refractivity contribution in [2.75, 3.05) is 6.54 Å². The highest BCUT2D eigenvalue weighted by atomic mass is 16.6. The third kappa shape index (κ3) is 5.28. The first kappa shape index (κ1) is 21.4. The van der Waals surface area contributed by atoms with Crippen LogP contribution in [0.4, 0.5) is 5.69 Å². The Hall–Kier alpha value is -1.95. The van der Waals surface area contributed by atoms with Crippen LogP contribution < -0.4 is 5.32 Å². The fraction of sp³-hybridized carbons (Fsp3) is 0.667. The minimum atomic E-state index is -0.406. The Bertz CT molecular complexity index is 697. The van der Waals surface area contributed by atoms with Crippen LogP contribution in [0.15, 0.2) is 18.2 Å². The molecule has 0 spiro atoms. The second-order valence-electron chi connectivity index (χ2n) is 9.07. The molecule has 1 aromatic carbocycles. The molecule has 2 rings (SSSR count). The monoisotopic (exact) mass is 375 g/mol. The molecular formula is C21H33N3O3. The molecule has 0 atom stereocenters. The Kier molecular flexibility index (Phi) is 6.30. The lowest BCUT2D eigenvalue weighted by molar-refractivity contribution is -0.385. The Balaban J connectivity index is 2.34. The van der Waals surface area contributed by atoms with Gasteiger partial charge in [-0.1, -0.05) is 13.3 Å². The van der Waals surface area contributed by atoms with Crippen LogP contribution in [0.2, 0.25) is 0 Å². The van der Waals surface area contributed by atoms with E-state index >= 15 is 0 Å². The van der Waals surface area contributed by atoms with E-state index in [0.29, 0.717) is 17.7 Å². The number of hydrogen-bond donors (Lipinski definition) is 1. The number of benzene rings is 1. The van der Waals surface area contributed by atoms with Gasteiger partial charge >= 0.3 is 0 Å². The fourth-order valence-electron chi connectivity index (χ4n) is 4.43. The number of nitro benzene ring substituents is 1. The summed E-state index contributed by atoms with van der Waals surface area (Å²) in [5.41, 5.74) is 0.997. The number of unbranched alkanes of at least 4 members (excludes halogenated alkanes) is 1. The predicted octanol–water partition coefficient (Wildman–Crippen LogP) is 4.45. The molecule has 6 heteroatoms. The van der Waals surface area contributed by atoms with E-state index < -0.39 is 4.92 Å². The zero-order valence-electron chi connectivity index (χ0n) is 17.5. The van der Waals surface area contributed by atoms with Crippen molar-refractivity contribution in [1.82, 2.24) is 10.2 Å². The molecule has 1 heterocycles. The standard InChI is InChI=1S/C21H33N3O3/c1-7-8-11-23(17-13-20(3,4)22-21(5,6)14-17)19(25)16-9-10-18(24(26)27)15(2)12-16/h9-10,12,17,22H,7-8,11,13-14H2,1-6H3. The number of nitrogens with one attached hydrogen (secondary N) is 1. The van der Waals surface area contributed by atoms with Gasteiger partial charge in [-0.05, 0) is 66.0 Å². The lowest BCUT2D eigenvalue weighted by Crippen LogP contribution is -2.62. The molecule has 1 N–H and O–H groups in total. The molecule has 150 valence electrons. The molecular weight excluding hydrogens is 342 g/mol. The molecule has 0 saturated carbocycles. The van der Waals surface area contributed by atoms with E-state index in [1.165, 1.54) is 6.07 Å². The van der Waals surface area contributed by atoms with Crippen LogP contribution in [-0.2, 0) is 0 Å². The third-order valence-corrected chi connectivity index (χ3v) is 5.26. The maximum atomic E-state index is 13.3. The summed E-state index contributed by atoms with van der Waals surface area (Å²) in [6.45, 7) is 13.2. The van der Waals surface area contributed by atoms with E-state index in [-0.39, 0.29) is 28.7 Å². The lowest BCUT2D eigenvalue weighted by atomic mass is 9.78. The van der Waals surface area contributed by atoms with Gasteiger partial charge in [-0.15, -0.1) is 0 Å². The number of piperidine rings is 1. The number of aryl methyl sites for hydroxylation is 1. The largest absolute Gasteiger partial charge is 0.336 e. The van der Waals surface area contributed by atoms with Crippen LogP contribution in [0, 0.1) is 17.0 Å². The van der Waals surface area contributed by atoms with Gasteiger partial charge in [0.1, 0.15) is 0 Å². The van der Waals surface area contributed by atoms with Crippen molar-refractivity contribution < 1.29 is 9.72 Å². The molecule has 1 aromatic rings. The molecule has 0 radical (unpaired) electrons. The summed E-state index contributed by atoms with van der Waals surface area (Å²) in [5, 5.41) is 14.7. The maximum absolute atomic E-state index is 13.3. The first-order chi connectivity index (χ1) is 12.5. The predicted molar refractivity (Wildman–Crippen MR) is 108 cm³/mol. The molecule has 1 fully saturated rings. The highest BCUT2D eigenvalue weighted by molar-refractivity contribution is 5.95. The van der Waals surface area contributed by atoms with Gasteiger partial charge in [-0.25, -0.2) is 0 Å². The van der Waals surface area contributed by atoms with Crippen LogP contribution in [0.3, 0.4) is 0 Å². The number of carbonyl (C=O) groups is 1. The Labute approximate surface area is 162 Å². The highest BCUT2D eigenvalue weighted by Crippen LogP contribution is 2.33. The number of rotatable bonds is 6. The first-order valence-electron chi connectivity index (χ1n) is 9.81. The van der Waals surface area contributed by atoms with Crippen molar-refractivity contribution in [3.63, 3.8) is 0 Å². The van der Waals surface area contributed by atoms with E-state index in [1.807, 2.05) is 4.90 Å². The number of nitro groups is 1. The van der Waals surface area contributed by atoms with Crippen LogP contribution >= 0.6 is 0 Å². The zero-order chi connectivity index (χ0) is 20.4. The van der Waals surface area contributed by atoms with Gasteiger partial charge in [0.2, 0.25) is 0 Å². The average Bonchev–Trinajstić information content (AvgIpc) is 2.51. The van der Waals surface area contributed by atoms with Gasteiger partial charge in [0.25, 0.3) is 11.6 Å². The summed E-state index contributed by atoms with van der Waals surface area (Å²) in [4.78, 5) is 26.0. The number of carbonyl (C=O) groups excluding carboxylic acids is 1. The number of hydrogen-bond acceptors (Lipinski definition) is 4. The van der Waals surface area contributed by atoms with E-state index in [1.54, 1.807) is 19.1 Å². The summed E-state index contributed by atoms with van der Waals surface area (Å²) in [6, 6.07) is 4.82. The number of amides is 1. The zero-order valence-corrected chi connectivity index (χ0v) is 17.5. The SMILES string of the molecule is CCCCN(C(=O)c1ccc([N+](=O)[O-])c(C)c1)C1CC(C)(C)NC(C)(C)C1. The van der Waals surface area contributed by atoms with E-state index in [9.17, 15) is 14.9 Å². The summed E-state index contributed by atoms with van der Waals surface area (Å²) < 4.78 is 0. The Morgan fingerprint density at radius 3 is 2.33 bits per heavy atom. The summed E-state index contributed by atoms with van der Waals surface area (Å²) in [7, 11) is 0. The van der Waals surface area contributed by atoms with Crippen LogP contribution in [0.25, 0.3) is 0 Å². The molecule has 0 aromatic heterocycles. The van der Waals surface area contributed by atoms with E-state index in [4.69, 9.17) is 0 Å². The lowest BCUT2D eigenvalue weighted by Gasteiger charge is -2.49. The number of nitrogens with zero attached hydrogens (tertiary/aromatic N) is 2. The van der Waals surface area contributed by atoms with Crippen molar-refractivity contribution >= 4 is 11.6 Å². The Morgan fingerprint density at radius 2 is 1.85 bits per heavy atom. The molecule has 1 amide bonds. The van der Waals surface area contributed by atoms with Gasteiger partial charge in [-0.2, -0.15) is 0 Å². The van der Waals surface area contributed by atoms with Crippen molar-refractivity contribution in [2.24, 2.45) is 0 Å². The normalized spacial score (nSPS) is 18.9. The molecule has 1 saturated heterocycles. The summed E-state index contributed by atoms with van der Waals surface area (Å²) in [6.07, 6.45) is 3.74. The van der Waals surface area contributed by atoms with Crippen molar-refractivity contribution in [1.29, 1.82) is 0 Å². The second-order valence-corrected chi connectivity index (χ2v) is 9.07. The molecule has 0 bridgehead atoms. The molecule has 1 aliphatic heterocycles. The molecule has 1 aliphatic rings. The molecule has 0 unspecified atom stereocenters. The highest BCUT2D eigenvalue weighted by Gasteiger charge is 2.41. The summed E-state index contributed by atoms with van der Waals surface area (Å²) in [5.74, 6) is -0.0278. The Morgan fingerprint density at radius 1 is 1.26 bits per heavy atom. The van der Waals surface area contributed by atoms with Crippen molar-refractivity contribution in [3.05, 3.63) is 39.4 Å². The van der Waals surface area contributed by atoms with Gasteiger partial charge in [0.05, 0.1) is 4.92 Å². The van der Waals surface area contributed by atoms with Crippen LogP contribution in [0.1, 0.15) is 76.2 Å². The van der Waals surface area contributed by atoms with Crippen LogP contribution in [-0.4, -0.2) is 39.4 Å². The maximum Gasteiger partial charge on any atom is 0.272 e. The molecule has 6 nitrogen and oxygen atoms in total. The minimum absolute atomic E-state index is 0.0278. The quantitative estimate of drug-likeness (QED) is 0.588. The second kappa shape index (κ2) is 7.97. The topological polar surface area (TPSA) is 75.5 Å². The van der Waals surface area contributed by atoms with Gasteiger partial charge in [-0.3, -0.25) is 14.9 Å². The van der Waals surface area contributed by atoms with E-state index in [2.05, 4.69) is 39.9 Å². The minimum Gasteiger partial charge on any atom is -0.336 e. The van der Waals surface area contributed by atoms with Gasteiger partial charge < -0.3 is 10.2 Å². The fourth-order valence-corrected chi connectivity index (χ4v) is 4.43. The van der Waals surface area contributed by atoms with Gasteiger partial charge in [0, 0.05) is 40.9 Å². The van der Waals surface area contributed by atoms with Gasteiger partial charge in [0.15, 0.2) is 0 Å². The first-order valence-corrected chi connectivity index (χ1v) is 9.81. The van der Waals surface area contributed by atoms with E-state index in [0.717, 1.165) is 25.7 Å². The average molecular weight is 376 g/mol. The van der Waals surface area contributed by atoms with Crippen LogP contribution in [0.5, 0.6) is 0 Å². The third-order valence-electron chi connectivity index (χ3n) is 5.26. The smallest absolute Gasteiger partial charge is 0.272 e. The van der Waals surface area contributed by atoms with Crippen molar-refractivity contribution in [2.45, 2.75) is 84.3 Å². The summed E-state index contributed by atoms with van der Waals surface area (Å²) >= 11 is 0. The molecule has 27 heavy (non-hydrogen) atoms. The van der Waals surface area contributed by atoms with Crippen molar-refractivity contribution in [3.8, 4) is 0 Å².